The van der Waals surface area contributed by atoms with Gasteiger partial charge in [-0.15, -0.1) is 10.2 Å². The zero-order valence-electron chi connectivity index (χ0n) is 14.1. The summed E-state index contributed by atoms with van der Waals surface area (Å²) in [5, 5.41) is 13.8. The monoisotopic (exact) mass is 354 g/mol. The van der Waals surface area contributed by atoms with Gasteiger partial charge in [-0.05, 0) is 41.1 Å². The Bertz CT molecular complexity index is 1270. The van der Waals surface area contributed by atoms with Crippen molar-refractivity contribution in [2.75, 3.05) is 5.32 Å². The molecule has 5 rings (SSSR count). The van der Waals surface area contributed by atoms with E-state index in [0.717, 1.165) is 27.2 Å². The number of benzene rings is 3. The number of amides is 1. The summed E-state index contributed by atoms with van der Waals surface area (Å²) >= 11 is 0. The second-order valence-electron chi connectivity index (χ2n) is 6.21. The van der Waals surface area contributed by atoms with E-state index in [2.05, 4.69) is 32.6 Å². The van der Waals surface area contributed by atoms with Crippen molar-refractivity contribution in [1.82, 2.24) is 15.2 Å². The number of hydrogen-bond acceptors (Lipinski definition) is 4. The number of fused-ring (bicyclic) bond motifs is 3. The Morgan fingerprint density at radius 3 is 2.78 bits per heavy atom. The van der Waals surface area contributed by atoms with E-state index in [9.17, 15) is 4.79 Å². The second-order valence-corrected chi connectivity index (χ2v) is 6.21. The lowest BCUT2D eigenvalue weighted by molar-refractivity contribution is 0.102. The van der Waals surface area contributed by atoms with E-state index in [1.165, 1.54) is 6.39 Å². The van der Waals surface area contributed by atoms with Gasteiger partial charge in [-0.1, -0.05) is 36.4 Å². The Morgan fingerprint density at radius 2 is 1.89 bits per heavy atom. The van der Waals surface area contributed by atoms with Gasteiger partial charge in [0.25, 0.3) is 5.91 Å². The summed E-state index contributed by atoms with van der Waals surface area (Å²) in [7, 11) is 0. The number of nitrogens with one attached hydrogen (secondary N) is 2. The fourth-order valence-corrected chi connectivity index (χ4v) is 3.24. The topological polar surface area (TPSA) is 83.8 Å². The molecule has 0 bridgehead atoms. The first-order valence-corrected chi connectivity index (χ1v) is 8.46. The van der Waals surface area contributed by atoms with Crippen LogP contribution >= 0.6 is 0 Å². The van der Waals surface area contributed by atoms with Crippen molar-refractivity contribution in [3.05, 3.63) is 78.8 Å². The van der Waals surface area contributed by atoms with Crippen molar-refractivity contribution in [3.8, 4) is 11.5 Å². The van der Waals surface area contributed by atoms with Crippen LogP contribution in [0, 0.1) is 0 Å². The molecule has 3 aromatic carbocycles. The van der Waals surface area contributed by atoms with E-state index >= 15 is 0 Å². The zero-order valence-corrected chi connectivity index (χ0v) is 14.1. The molecule has 0 aliphatic carbocycles. The molecule has 0 aliphatic rings. The number of hydrogen-bond donors (Lipinski definition) is 2. The Hall–Kier alpha value is -3.93. The lowest BCUT2D eigenvalue weighted by Crippen LogP contribution is -2.12. The number of H-pyrrole nitrogens is 1. The third-order valence-electron chi connectivity index (χ3n) is 4.50. The standard InChI is InChI=1S/C21H14N4O2/c26-20(23-15-6-3-5-14(10-15)21-25-22-12-27-21)19-11-17-16-7-2-1-4-13(16)8-9-18(17)24-19/h1-12,24H,(H,23,26). The minimum atomic E-state index is -0.210. The van der Waals surface area contributed by atoms with E-state index in [1.807, 2.05) is 48.5 Å². The maximum absolute atomic E-state index is 12.7. The molecule has 0 spiro atoms. The Balaban J connectivity index is 1.48. The molecule has 27 heavy (non-hydrogen) atoms. The zero-order chi connectivity index (χ0) is 18.2. The van der Waals surface area contributed by atoms with Gasteiger partial charge in [0.2, 0.25) is 12.3 Å². The first-order chi connectivity index (χ1) is 13.3. The van der Waals surface area contributed by atoms with Gasteiger partial charge < -0.3 is 14.7 Å². The van der Waals surface area contributed by atoms with Crippen LogP contribution in [0.4, 0.5) is 5.69 Å². The van der Waals surface area contributed by atoms with Gasteiger partial charge in [-0.2, -0.15) is 0 Å². The molecule has 1 amide bonds. The van der Waals surface area contributed by atoms with Crippen LogP contribution in [0.25, 0.3) is 33.1 Å². The predicted molar refractivity (Wildman–Crippen MR) is 103 cm³/mol. The Kier molecular flexibility index (Phi) is 3.47. The molecule has 6 nitrogen and oxygen atoms in total. The number of nitrogens with zero attached hydrogens (tertiary/aromatic N) is 2. The highest BCUT2D eigenvalue weighted by Gasteiger charge is 2.12. The van der Waals surface area contributed by atoms with Gasteiger partial charge >= 0.3 is 0 Å². The number of aromatic nitrogens is 3. The molecule has 2 aromatic heterocycles. The van der Waals surface area contributed by atoms with Crippen molar-refractivity contribution < 1.29 is 9.21 Å². The van der Waals surface area contributed by atoms with Crippen molar-refractivity contribution >= 4 is 33.3 Å². The highest BCUT2D eigenvalue weighted by atomic mass is 16.4. The van der Waals surface area contributed by atoms with E-state index in [0.29, 0.717) is 17.3 Å². The lowest BCUT2D eigenvalue weighted by Gasteiger charge is -2.04. The van der Waals surface area contributed by atoms with E-state index in [1.54, 1.807) is 6.07 Å². The lowest BCUT2D eigenvalue weighted by atomic mass is 10.1. The molecule has 0 saturated heterocycles. The molecule has 2 heterocycles. The predicted octanol–water partition coefficient (Wildman–Crippen LogP) is 4.62. The van der Waals surface area contributed by atoms with Crippen LogP contribution < -0.4 is 5.32 Å². The van der Waals surface area contributed by atoms with Crippen LogP contribution in [0.1, 0.15) is 10.5 Å². The molecule has 0 aliphatic heterocycles. The van der Waals surface area contributed by atoms with Gasteiger partial charge in [-0.25, -0.2) is 0 Å². The Morgan fingerprint density at radius 1 is 0.963 bits per heavy atom. The normalized spacial score (nSPS) is 11.1. The molecule has 5 aromatic rings. The summed E-state index contributed by atoms with van der Waals surface area (Å²) in [4.78, 5) is 15.9. The largest absolute Gasteiger partial charge is 0.423 e. The quantitative estimate of drug-likeness (QED) is 0.495. The third kappa shape index (κ3) is 2.73. The summed E-state index contributed by atoms with van der Waals surface area (Å²) in [6, 6.07) is 21.3. The molecule has 0 radical (unpaired) electrons. The average Bonchev–Trinajstić information content (AvgIpc) is 3.38. The fourth-order valence-electron chi connectivity index (χ4n) is 3.24. The van der Waals surface area contributed by atoms with Crippen LogP contribution in [0.5, 0.6) is 0 Å². The summed E-state index contributed by atoms with van der Waals surface area (Å²) < 4.78 is 5.20. The van der Waals surface area contributed by atoms with Crippen LogP contribution in [0.15, 0.2) is 77.5 Å². The van der Waals surface area contributed by atoms with Gasteiger partial charge in [-0.3, -0.25) is 4.79 Å². The van der Waals surface area contributed by atoms with Crippen LogP contribution in [-0.2, 0) is 0 Å². The van der Waals surface area contributed by atoms with Crippen LogP contribution in [0.2, 0.25) is 0 Å². The molecule has 0 saturated carbocycles. The van der Waals surface area contributed by atoms with Crippen LogP contribution in [0.3, 0.4) is 0 Å². The molecule has 0 atom stereocenters. The summed E-state index contributed by atoms with van der Waals surface area (Å²) in [5.74, 6) is 0.196. The molecular formula is C21H14N4O2. The number of aromatic amines is 1. The van der Waals surface area contributed by atoms with Gasteiger partial charge in [0.15, 0.2) is 0 Å². The second kappa shape index (κ2) is 6.10. The third-order valence-corrected chi connectivity index (χ3v) is 4.50. The highest BCUT2D eigenvalue weighted by molar-refractivity contribution is 6.12. The van der Waals surface area contributed by atoms with Crippen molar-refractivity contribution in [1.29, 1.82) is 0 Å². The van der Waals surface area contributed by atoms with Crippen LogP contribution in [-0.4, -0.2) is 21.1 Å². The molecule has 6 heteroatoms. The Labute approximate surface area is 153 Å². The maximum atomic E-state index is 12.7. The molecule has 0 fully saturated rings. The molecule has 0 unspecified atom stereocenters. The van der Waals surface area contributed by atoms with E-state index in [-0.39, 0.29) is 5.91 Å². The summed E-state index contributed by atoms with van der Waals surface area (Å²) in [6.45, 7) is 0. The van der Waals surface area contributed by atoms with Gasteiger partial charge in [0.1, 0.15) is 5.69 Å². The number of carbonyl (C=O) groups is 1. The first-order valence-electron chi connectivity index (χ1n) is 8.46. The van der Waals surface area contributed by atoms with E-state index < -0.39 is 0 Å². The van der Waals surface area contributed by atoms with Crippen molar-refractivity contribution in [2.45, 2.75) is 0 Å². The maximum Gasteiger partial charge on any atom is 0.272 e. The SMILES string of the molecule is O=C(Nc1cccc(-c2nnco2)c1)c1cc2c(ccc3ccccc32)[nH]1. The molecule has 130 valence electrons. The minimum Gasteiger partial charge on any atom is -0.423 e. The smallest absolute Gasteiger partial charge is 0.272 e. The number of carbonyl (C=O) groups excluding carboxylic acids is 1. The van der Waals surface area contributed by atoms with Gasteiger partial charge in [0.05, 0.1) is 0 Å². The molecular weight excluding hydrogens is 340 g/mol. The fraction of sp³-hybridized carbons (Fsp3) is 0. The van der Waals surface area contributed by atoms with Gasteiger partial charge in [0, 0.05) is 22.2 Å². The summed E-state index contributed by atoms with van der Waals surface area (Å²) in [6.07, 6.45) is 1.27. The molecule has 2 N–H and O–H groups in total. The number of rotatable bonds is 3. The first kappa shape index (κ1) is 15.3. The minimum absolute atomic E-state index is 0.210. The van der Waals surface area contributed by atoms with E-state index in [4.69, 9.17) is 4.42 Å². The van der Waals surface area contributed by atoms with Crippen molar-refractivity contribution in [3.63, 3.8) is 0 Å². The number of anilines is 1. The summed E-state index contributed by atoms with van der Waals surface area (Å²) in [5.41, 5.74) is 2.83. The van der Waals surface area contributed by atoms with Crippen molar-refractivity contribution in [2.24, 2.45) is 0 Å². The highest BCUT2D eigenvalue weighted by Crippen LogP contribution is 2.26. The average molecular weight is 354 g/mol.